The molecule has 4 heteroatoms. The Hall–Kier alpha value is -0.800. The summed E-state index contributed by atoms with van der Waals surface area (Å²) in [6, 6.07) is 1.70. The van der Waals surface area contributed by atoms with Crippen LogP contribution in [0.15, 0.2) is 12.3 Å². The minimum Gasteiger partial charge on any atom is -0.392 e. The average Bonchev–Trinajstić information content (AvgIpc) is 2.09. The number of aromatic nitrogens is 1. The number of aliphatic hydroxyl groups is 1. The quantitative estimate of drug-likeness (QED) is 0.755. The number of rotatable bonds is 3. The molecule has 0 fully saturated rings. The van der Waals surface area contributed by atoms with Gasteiger partial charge in [0, 0.05) is 12.7 Å². The van der Waals surface area contributed by atoms with Crippen molar-refractivity contribution < 1.29 is 5.11 Å². The number of anilines is 1. The summed E-state index contributed by atoms with van der Waals surface area (Å²) in [5.41, 5.74) is 0.724. The molecule has 66 valence electrons. The van der Waals surface area contributed by atoms with Crippen molar-refractivity contribution in [2.75, 3.05) is 11.9 Å². The summed E-state index contributed by atoms with van der Waals surface area (Å²) >= 11 is 5.85. The van der Waals surface area contributed by atoms with Gasteiger partial charge in [0.1, 0.15) is 5.82 Å². The summed E-state index contributed by atoms with van der Waals surface area (Å²) in [5, 5.41) is 12.3. The molecule has 0 aromatic carbocycles. The summed E-state index contributed by atoms with van der Waals surface area (Å²) < 4.78 is 0. The maximum atomic E-state index is 8.76. The van der Waals surface area contributed by atoms with Gasteiger partial charge in [0.15, 0.2) is 0 Å². The zero-order valence-corrected chi connectivity index (χ0v) is 7.60. The third-order valence-corrected chi connectivity index (χ3v) is 1.71. The monoisotopic (exact) mass is 186 g/mol. The predicted octanol–water partition coefficient (Wildman–Crippen LogP) is 1.66. The van der Waals surface area contributed by atoms with Crippen molar-refractivity contribution >= 4 is 17.4 Å². The molecule has 0 radical (unpaired) electrons. The normalized spacial score (nSPS) is 9.92. The van der Waals surface area contributed by atoms with Crippen LogP contribution in [0, 0.1) is 0 Å². The van der Waals surface area contributed by atoms with Crippen LogP contribution >= 0.6 is 11.6 Å². The standard InChI is InChI=1S/C8H11ClN2O/c1-2-10-8-7(9)3-6(5-12)4-11-8/h3-4,12H,2,5H2,1H3,(H,10,11). The van der Waals surface area contributed by atoms with Crippen molar-refractivity contribution in [1.29, 1.82) is 0 Å². The van der Waals surface area contributed by atoms with Crippen LogP contribution in [0.2, 0.25) is 5.02 Å². The van der Waals surface area contributed by atoms with Crippen molar-refractivity contribution in [3.63, 3.8) is 0 Å². The zero-order valence-electron chi connectivity index (χ0n) is 6.84. The van der Waals surface area contributed by atoms with E-state index in [9.17, 15) is 0 Å². The number of pyridine rings is 1. The molecular formula is C8H11ClN2O. The third kappa shape index (κ3) is 2.09. The van der Waals surface area contributed by atoms with Crippen molar-refractivity contribution in [3.8, 4) is 0 Å². The lowest BCUT2D eigenvalue weighted by atomic mass is 10.3. The van der Waals surface area contributed by atoms with Gasteiger partial charge in [-0.15, -0.1) is 0 Å². The second kappa shape index (κ2) is 4.28. The van der Waals surface area contributed by atoms with Gasteiger partial charge in [0.2, 0.25) is 0 Å². The van der Waals surface area contributed by atoms with E-state index < -0.39 is 0 Å². The Morgan fingerprint density at radius 2 is 2.42 bits per heavy atom. The fourth-order valence-corrected chi connectivity index (χ4v) is 1.12. The van der Waals surface area contributed by atoms with Gasteiger partial charge in [0.05, 0.1) is 11.6 Å². The van der Waals surface area contributed by atoms with Crippen LogP contribution in [0.3, 0.4) is 0 Å². The minimum atomic E-state index is -0.0286. The molecule has 3 nitrogen and oxygen atoms in total. The Balaban J connectivity index is 2.87. The maximum absolute atomic E-state index is 8.76. The molecule has 0 bridgehead atoms. The molecule has 1 aromatic heterocycles. The highest BCUT2D eigenvalue weighted by atomic mass is 35.5. The topological polar surface area (TPSA) is 45.2 Å². The molecule has 0 saturated carbocycles. The van der Waals surface area contributed by atoms with Crippen LogP contribution in [-0.2, 0) is 6.61 Å². The first-order chi connectivity index (χ1) is 5.77. The van der Waals surface area contributed by atoms with Gasteiger partial charge < -0.3 is 10.4 Å². The summed E-state index contributed by atoms with van der Waals surface area (Å²) in [5.74, 6) is 0.663. The van der Waals surface area contributed by atoms with E-state index in [1.165, 1.54) is 0 Å². The molecule has 0 aliphatic heterocycles. The van der Waals surface area contributed by atoms with Crippen LogP contribution in [0.5, 0.6) is 0 Å². The predicted molar refractivity (Wildman–Crippen MR) is 49.3 cm³/mol. The van der Waals surface area contributed by atoms with E-state index in [4.69, 9.17) is 16.7 Å². The van der Waals surface area contributed by atoms with Gasteiger partial charge in [0.25, 0.3) is 0 Å². The molecule has 0 spiro atoms. The molecule has 1 rings (SSSR count). The summed E-state index contributed by atoms with van der Waals surface area (Å²) in [6.45, 7) is 2.72. The van der Waals surface area contributed by atoms with Crippen LogP contribution in [-0.4, -0.2) is 16.6 Å². The van der Waals surface area contributed by atoms with Gasteiger partial charge in [-0.2, -0.15) is 0 Å². The molecule has 0 aliphatic carbocycles. The van der Waals surface area contributed by atoms with Crippen LogP contribution < -0.4 is 5.32 Å². The number of nitrogens with one attached hydrogen (secondary N) is 1. The Morgan fingerprint density at radius 3 is 2.92 bits per heavy atom. The Morgan fingerprint density at radius 1 is 1.67 bits per heavy atom. The maximum Gasteiger partial charge on any atom is 0.144 e. The number of aliphatic hydroxyl groups excluding tert-OH is 1. The number of hydrogen-bond acceptors (Lipinski definition) is 3. The van der Waals surface area contributed by atoms with Gasteiger partial charge in [-0.1, -0.05) is 11.6 Å². The molecule has 12 heavy (non-hydrogen) atoms. The Labute approximate surface area is 76.4 Å². The van der Waals surface area contributed by atoms with Crippen molar-refractivity contribution in [2.45, 2.75) is 13.5 Å². The van der Waals surface area contributed by atoms with Crippen LogP contribution in [0.4, 0.5) is 5.82 Å². The molecule has 0 amide bonds. The number of halogens is 1. The second-order valence-corrected chi connectivity index (χ2v) is 2.77. The van der Waals surface area contributed by atoms with E-state index >= 15 is 0 Å². The SMILES string of the molecule is CCNc1ncc(CO)cc1Cl. The highest BCUT2D eigenvalue weighted by Gasteiger charge is 2.00. The smallest absolute Gasteiger partial charge is 0.144 e. The third-order valence-electron chi connectivity index (χ3n) is 1.42. The lowest BCUT2D eigenvalue weighted by Gasteiger charge is -2.04. The molecule has 1 heterocycles. The molecule has 1 aromatic rings. The summed E-state index contributed by atoms with van der Waals surface area (Å²) in [7, 11) is 0. The molecule has 0 unspecified atom stereocenters. The highest BCUT2D eigenvalue weighted by Crippen LogP contribution is 2.19. The van der Waals surface area contributed by atoms with Gasteiger partial charge >= 0.3 is 0 Å². The number of nitrogens with zero attached hydrogens (tertiary/aromatic N) is 1. The second-order valence-electron chi connectivity index (χ2n) is 2.36. The Kier molecular flexibility index (Phi) is 3.31. The fraction of sp³-hybridized carbons (Fsp3) is 0.375. The number of hydrogen-bond donors (Lipinski definition) is 2. The van der Waals surface area contributed by atoms with Gasteiger partial charge in [-0.05, 0) is 18.6 Å². The van der Waals surface area contributed by atoms with Crippen molar-refractivity contribution in [2.24, 2.45) is 0 Å². The van der Waals surface area contributed by atoms with E-state index in [1.54, 1.807) is 12.3 Å². The molecule has 0 atom stereocenters. The van der Waals surface area contributed by atoms with Crippen molar-refractivity contribution in [1.82, 2.24) is 4.98 Å². The summed E-state index contributed by atoms with van der Waals surface area (Å²) in [4.78, 5) is 4.04. The van der Waals surface area contributed by atoms with Gasteiger partial charge in [-0.3, -0.25) is 0 Å². The largest absolute Gasteiger partial charge is 0.392 e. The molecule has 2 N–H and O–H groups in total. The first-order valence-electron chi connectivity index (χ1n) is 3.77. The van der Waals surface area contributed by atoms with Crippen molar-refractivity contribution in [3.05, 3.63) is 22.8 Å². The lowest BCUT2D eigenvalue weighted by Crippen LogP contribution is -2.00. The van der Waals surface area contributed by atoms with Crippen LogP contribution in [0.1, 0.15) is 12.5 Å². The molecular weight excluding hydrogens is 176 g/mol. The highest BCUT2D eigenvalue weighted by molar-refractivity contribution is 6.32. The summed E-state index contributed by atoms with van der Waals surface area (Å²) in [6.07, 6.45) is 1.60. The van der Waals surface area contributed by atoms with E-state index in [2.05, 4.69) is 10.3 Å². The molecule has 0 saturated heterocycles. The molecule has 0 aliphatic rings. The van der Waals surface area contributed by atoms with E-state index in [0.717, 1.165) is 12.1 Å². The van der Waals surface area contributed by atoms with E-state index in [1.807, 2.05) is 6.92 Å². The average molecular weight is 187 g/mol. The Bertz CT molecular complexity index is 265. The van der Waals surface area contributed by atoms with Crippen LogP contribution in [0.25, 0.3) is 0 Å². The first-order valence-corrected chi connectivity index (χ1v) is 4.15. The van der Waals surface area contributed by atoms with Gasteiger partial charge in [-0.25, -0.2) is 4.98 Å². The fourth-order valence-electron chi connectivity index (χ4n) is 0.862. The lowest BCUT2D eigenvalue weighted by molar-refractivity contribution is 0.281. The minimum absolute atomic E-state index is 0.0286. The zero-order chi connectivity index (χ0) is 8.97. The first kappa shape index (κ1) is 9.29. The van der Waals surface area contributed by atoms with E-state index in [-0.39, 0.29) is 6.61 Å². The van der Waals surface area contributed by atoms with E-state index in [0.29, 0.717) is 10.8 Å².